The van der Waals surface area contributed by atoms with E-state index in [0.29, 0.717) is 18.1 Å². The highest BCUT2D eigenvalue weighted by atomic mass is 16.6. The smallest absolute Gasteiger partial charge is 0.153 e. The second-order valence-corrected chi connectivity index (χ2v) is 3.43. The van der Waals surface area contributed by atoms with E-state index in [1.54, 1.807) is 12.1 Å². The van der Waals surface area contributed by atoms with Crippen molar-refractivity contribution >= 4 is 5.71 Å². The van der Waals surface area contributed by atoms with Crippen molar-refractivity contribution < 1.29 is 14.4 Å². The number of oxime groups is 1. The highest BCUT2D eigenvalue weighted by molar-refractivity contribution is 5.98. The second-order valence-electron chi connectivity index (χ2n) is 3.43. The third-order valence-corrected chi connectivity index (χ3v) is 2.20. The molecule has 4 heteroatoms. The van der Waals surface area contributed by atoms with Crippen LogP contribution in [0.25, 0.3) is 0 Å². The van der Waals surface area contributed by atoms with Crippen molar-refractivity contribution in [3.05, 3.63) is 60.1 Å². The monoisotopic (exact) mass is 231 g/mol. The standard InChI is InChI=1S/C13H13NO3/c15-9-12(13-7-4-8-16-13)14-17-10-11-5-2-1-3-6-11/h1-8,15H,9-10H2/b14-12+. The number of hydrogen-bond donors (Lipinski definition) is 1. The van der Waals surface area contributed by atoms with Gasteiger partial charge in [0.1, 0.15) is 12.3 Å². The zero-order valence-corrected chi connectivity index (χ0v) is 9.24. The predicted molar refractivity (Wildman–Crippen MR) is 63.6 cm³/mol. The molecule has 1 aromatic heterocycles. The Labute approximate surface area is 99.1 Å². The topological polar surface area (TPSA) is 55.0 Å². The summed E-state index contributed by atoms with van der Waals surface area (Å²) in [5.74, 6) is 0.514. The van der Waals surface area contributed by atoms with E-state index in [4.69, 9.17) is 14.4 Å². The number of rotatable bonds is 5. The molecule has 17 heavy (non-hydrogen) atoms. The van der Waals surface area contributed by atoms with Gasteiger partial charge in [-0.05, 0) is 17.7 Å². The maximum absolute atomic E-state index is 9.12. The summed E-state index contributed by atoms with van der Waals surface area (Å²) < 4.78 is 5.12. The lowest BCUT2D eigenvalue weighted by Crippen LogP contribution is -2.06. The van der Waals surface area contributed by atoms with Gasteiger partial charge in [0.2, 0.25) is 0 Å². The van der Waals surface area contributed by atoms with E-state index in [9.17, 15) is 0 Å². The van der Waals surface area contributed by atoms with Gasteiger partial charge >= 0.3 is 0 Å². The van der Waals surface area contributed by atoms with E-state index >= 15 is 0 Å². The maximum atomic E-state index is 9.12. The highest BCUT2D eigenvalue weighted by Crippen LogP contribution is 2.05. The van der Waals surface area contributed by atoms with E-state index in [1.807, 2.05) is 30.3 Å². The van der Waals surface area contributed by atoms with E-state index in [0.717, 1.165) is 5.56 Å². The Bertz CT molecular complexity index is 463. The summed E-state index contributed by atoms with van der Waals surface area (Å²) in [6, 6.07) is 13.2. The minimum atomic E-state index is -0.220. The van der Waals surface area contributed by atoms with Gasteiger partial charge in [0, 0.05) is 0 Å². The number of benzene rings is 1. The van der Waals surface area contributed by atoms with Crippen LogP contribution in [0.2, 0.25) is 0 Å². The molecular formula is C13H13NO3. The van der Waals surface area contributed by atoms with Crippen LogP contribution in [0, 0.1) is 0 Å². The summed E-state index contributed by atoms with van der Waals surface area (Å²) in [6.07, 6.45) is 1.53. The van der Waals surface area contributed by atoms with Crippen LogP contribution < -0.4 is 0 Å². The molecule has 1 aromatic carbocycles. The summed E-state index contributed by atoms with van der Waals surface area (Å²) in [5.41, 5.74) is 1.40. The molecule has 0 spiro atoms. The quantitative estimate of drug-likeness (QED) is 0.634. The van der Waals surface area contributed by atoms with E-state index in [-0.39, 0.29) is 6.61 Å². The number of hydrogen-bond acceptors (Lipinski definition) is 4. The molecule has 0 aliphatic carbocycles. The molecule has 0 saturated heterocycles. The molecular weight excluding hydrogens is 218 g/mol. The fraction of sp³-hybridized carbons (Fsp3) is 0.154. The van der Waals surface area contributed by atoms with Crippen LogP contribution in [0.3, 0.4) is 0 Å². The van der Waals surface area contributed by atoms with Gasteiger partial charge in [-0.1, -0.05) is 35.5 Å². The number of nitrogens with zero attached hydrogens (tertiary/aromatic N) is 1. The first-order valence-electron chi connectivity index (χ1n) is 5.27. The number of aliphatic hydroxyl groups excluding tert-OH is 1. The van der Waals surface area contributed by atoms with Crippen molar-refractivity contribution in [3.63, 3.8) is 0 Å². The van der Waals surface area contributed by atoms with Crippen LogP contribution in [0.1, 0.15) is 11.3 Å². The molecule has 0 unspecified atom stereocenters. The highest BCUT2D eigenvalue weighted by Gasteiger charge is 2.05. The summed E-state index contributed by atoms with van der Waals surface area (Å²) in [7, 11) is 0. The van der Waals surface area contributed by atoms with E-state index < -0.39 is 0 Å². The SMILES string of the molecule is OC/C(=N\OCc1ccccc1)c1ccco1. The van der Waals surface area contributed by atoms with Crippen LogP contribution >= 0.6 is 0 Å². The van der Waals surface area contributed by atoms with Crippen LogP contribution in [0.5, 0.6) is 0 Å². The van der Waals surface area contributed by atoms with Gasteiger partial charge in [-0.3, -0.25) is 0 Å². The zero-order valence-electron chi connectivity index (χ0n) is 9.24. The lowest BCUT2D eigenvalue weighted by Gasteiger charge is -2.01. The molecule has 88 valence electrons. The molecule has 0 aliphatic rings. The van der Waals surface area contributed by atoms with Gasteiger partial charge in [-0.2, -0.15) is 0 Å². The Morgan fingerprint density at radius 3 is 2.65 bits per heavy atom. The Kier molecular flexibility index (Phi) is 3.94. The minimum absolute atomic E-state index is 0.220. The lowest BCUT2D eigenvalue weighted by molar-refractivity contribution is 0.128. The Morgan fingerprint density at radius 1 is 1.18 bits per heavy atom. The van der Waals surface area contributed by atoms with Gasteiger partial charge in [-0.25, -0.2) is 0 Å². The third-order valence-electron chi connectivity index (χ3n) is 2.20. The minimum Gasteiger partial charge on any atom is -0.463 e. The number of furan rings is 1. The lowest BCUT2D eigenvalue weighted by atomic mass is 10.2. The van der Waals surface area contributed by atoms with Gasteiger partial charge in [0.25, 0.3) is 0 Å². The normalized spacial score (nSPS) is 11.5. The van der Waals surface area contributed by atoms with Crippen molar-refractivity contribution in [2.75, 3.05) is 6.61 Å². The average molecular weight is 231 g/mol. The molecule has 0 atom stereocenters. The van der Waals surface area contributed by atoms with Gasteiger partial charge < -0.3 is 14.4 Å². The Balaban J connectivity index is 1.95. The first kappa shape index (κ1) is 11.4. The van der Waals surface area contributed by atoms with Crippen molar-refractivity contribution in [1.29, 1.82) is 0 Å². The summed E-state index contributed by atoms with van der Waals surface area (Å²) >= 11 is 0. The van der Waals surface area contributed by atoms with Crippen molar-refractivity contribution in [2.45, 2.75) is 6.61 Å². The molecule has 0 fully saturated rings. The van der Waals surface area contributed by atoms with Gasteiger partial charge in [0.15, 0.2) is 5.76 Å². The van der Waals surface area contributed by atoms with Crippen molar-refractivity contribution in [3.8, 4) is 0 Å². The number of aliphatic hydroxyl groups is 1. The van der Waals surface area contributed by atoms with Crippen LogP contribution in [0.4, 0.5) is 0 Å². The largest absolute Gasteiger partial charge is 0.463 e. The molecule has 0 saturated carbocycles. The second kappa shape index (κ2) is 5.86. The Hall–Kier alpha value is -2.07. The molecule has 4 nitrogen and oxygen atoms in total. The molecule has 2 rings (SSSR count). The van der Waals surface area contributed by atoms with Crippen molar-refractivity contribution in [1.82, 2.24) is 0 Å². The first-order valence-corrected chi connectivity index (χ1v) is 5.27. The Morgan fingerprint density at radius 2 is 2.00 bits per heavy atom. The third kappa shape index (κ3) is 3.19. The summed E-state index contributed by atoms with van der Waals surface area (Å²) in [5, 5.41) is 13.0. The fourth-order valence-corrected chi connectivity index (χ4v) is 1.35. The molecule has 0 amide bonds. The van der Waals surface area contributed by atoms with Crippen LogP contribution in [0.15, 0.2) is 58.3 Å². The average Bonchev–Trinajstić information content (AvgIpc) is 2.90. The van der Waals surface area contributed by atoms with Crippen molar-refractivity contribution in [2.24, 2.45) is 5.16 Å². The van der Waals surface area contributed by atoms with E-state index in [2.05, 4.69) is 5.16 Å². The van der Waals surface area contributed by atoms with E-state index in [1.165, 1.54) is 6.26 Å². The molecule has 1 heterocycles. The molecule has 0 bridgehead atoms. The summed E-state index contributed by atoms with van der Waals surface area (Å²) in [4.78, 5) is 5.16. The van der Waals surface area contributed by atoms with Crippen LogP contribution in [-0.4, -0.2) is 17.4 Å². The molecule has 1 N–H and O–H groups in total. The van der Waals surface area contributed by atoms with Crippen LogP contribution in [-0.2, 0) is 11.4 Å². The molecule has 0 radical (unpaired) electrons. The predicted octanol–water partition coefficient (Wildman–Crippen LogP) is 2.19. The zero-order chi connectivity index (χ0) is 11.9. The van der Waals surface area contributed by atoms with Gasteiger partial charge in [0.05, 0.1) is 12.9 Å². The molecule has 2 aromatic rings. The fourth-order valence-electron chi connectivity index (χ4n) is 1.35. The summed E-state index contributed by atoms with van der Waals surface area (Å²) in [6.45, 7) is 0.146. The maximum Gasteiger partial charge on any atom is 0.153 e. The first-order chi connectivity index (χ1) is 8.40. The molecule has 0 aliphatic heterocycles. The van der Waals surface area contributed by atoms with Gasteiger partial charge in [-0.15, -0.1) is 0 Å².